The average Bonchev–Trinajstić information content (AvgIpc) is 2.37. The highest BCUT2D eigenvalue weighted by Crippen LogP contribution is 2.24. The van der Waals surface area contributed by atoms with Crippen LogP contribution in [0.1, 0.15) is 5.76 Å². The van der Waals surface area contributed by atoms with Crippen molar-refractivity contribution in [1.29, 1.82) is 0 Å². The van der Waals surface area contributed by atoms with Crippen LogP contribution in [0.4, 0.5) is 13.2 Å². The summed E-state index contributed by atoms with van der Waals surface area (Å²) in [5.41, 5.74) is 0. The highest BCUT2D eigenvalue weighted by molar-refractivity contribution is 5.45. The highest BCUT2D eigenvalue weighted by atomic mass is 19.4. The van der Waals surface area contributed by atoms with Gasteiger partial charge < -0.3 is 9.52 Å². The van der Waals surface area contributed by atoms with Crippen molar-refractivity contribution in [3.63, 3.8) is 0 Å². The fourth-order valence-corrected chi connectivity index (χ4v) is 0.590. The predicted octanol–water partition coefficient (Wildman–Crippen LogP) is 2.74. The van der Waals surface area contributed by atoms with Crippen LogP contribution in [0, 0.1) is 0 Å². The molecule has 12 heavy (non-hydrogen) atoms. The van der Waals surface area contributed by atoms with Crippen LogP contribution in [-0.2, 0) is 0 Å². The Morgan fingerprint density at radius 3 is 2.58 bits per heavy atom. The molecule has 0 aliphatic rings. The van der Waals surface area contributed by atoms with Crippen molar-refractivity contribution in [2.45, 2.75) is 6.18 Å². The second-order valence-corrected chi connectivity index (χ2v) is 2.04. The van der Waals surface area contributed by atoms with E-state index in [2.05, 4.69) is 4.42 Å². The van der Waals surface area contributed by atoms with E-state index in [9.17, 15) is 13.2 Å². The quantitative estimate of drug-likeness (QED) is 0.670. The number of halogens is 3. The third kappa shape index (κ3) is 2.05. The zero-order chi connectivity index (χ0) is 9.19. The van der Waals surface area contributed by atoms with Crippen LogP contribution in [0.15, 0.2) is 28.6 Å². The summed E-state index contributed by atoms with van der Waals surface area (Å²) in [5.74, 6) is -1.71. The van der Waals surface area contributed by atoms with Gasteiger partial charge in [-0.1, -0.05) is 0 Å². The van der Waals surface area contributed by atoms with E-state index >= 15 is 0 Å². The lowest BCUT2D eigenvalue weighted by atomic mass is 10.3. The minimum absolute atomic E-state index is 0.0372. The Hall–Kier alpha value is -1.39. The molecule has 0 unspecified atom stereocenters. The third-order valence-corrected chi connectivity index (χ3v) is 1.11. The molecular weight excluding hydrogens is 173 g/mol. The first kappa shape index (κ1) is 8.70. The number of aliphatic hydroxyl groups excluding tert-OH is 1. The predicted molar refractivity (Wildman–Crippen MR) is 35.4 cm³/mol. The third-order valence-electron chi connectivity index (χ3n) is 1.11. The molecule has 0 aliphatic carbocycles. The van der Waals surface area contributed by atoms with Gasteiger partial charge in [0.2, 0.25) is 5.76 Å². The molecule has 0 aliphatic heterocycles. The summed E-state index contributed by atoms with van der Waals surface area (Å²) < 4.78 is 39.6. The van der Waals surface area contributed by atoms with E-state index in [1.165, 1.54) is 18.4 Å². The number of aliphatic hydroxyl groups is 1. The lowest BCUT2D eigenvalue weighted by Gasteiger charge is -2.02. The van der Waals surface area contributed by atoms with E-state index in [-0.39, 0.29) is 5.76 Å². The van der Waals surface area contributed by atoms with Gasteiger partial charge in [0.05, 0.1) is 6.26 Å². The van der Waals surface area contributed by atoms with Gasteiger partial charge in [-0.05, 0) is 12.1 Å². The Kier molecular flexibility index (Phi) is 2.12. The topological polar surface area (TPSA) is 33.4 Å². The summed E-state index contributed by atoms with van der Waals surface area (Å²) >= 11 is 0. The van der Waals surface area contributed by atoms with Crippen LogP contribution >= 0.6 is 0 Å². The van der Waals surface area contributed by atoms with E-state index in [0.717, 1.165) is 0 Å². The van der Waals surface area contributed by atoms with Crippen LogP contribution in [0.25, 0.3) is 6.08 Å². The van der Waals surface area contributed by atoms with Crippen molar-refractivity contribution in [1.82, 2.24) is 0 Å². The number of furan rings is 1. The van der Waals surface area contributed by atoms with Crippen LogP contribution in [0.5, 0.6) is 0 Å². The number of alkyl halides is 3. The van der Waals surface area contributed by atoms with Crippen molar-refractivity contribution < 1.29 is 22.7 Å². The number of hydrogen-bond donors (Lipinski definition) is 1. The highest BCUT2D eigenvalue weighted by Gasteiger charge is 2.33. The molecule has 1 aromatic rings. The van der Waals surface area contributed by atoms with Crippen molar-refractivity contribution in [2.24, 2.45) is 0 Å². The Morgan fingerprint density at radius 2 is 2.17 bits per heavy atom. The summed E-state index contributed by atoms with van der Waals surface area (Å²) in [6, 6.07) is 2.73. The monoisotopic (exact) mass is 178 g/mol. The van der Waals surface area contributed by atoms with Gasteiger partial charge in [0.15, 0.2) is 0 Å². The number of rotatable bonds is 1. The zero-order valence-corrected chi connectivity index (χ0v) is 5.80. The van der Waals surface area contributed by atoms with Crippen molar-refractivity contribution in [3.8, 4) is 0 Å². The van der Waals surface area contributed by atoms with E-state index in [0.29, 0.717) is 6.08 Å². The SMILES string of the molecule is O/C(=C\c1ccco1)C(F)(F)F. The molecule has 0 bridgehead atoms. The van der Waals surface area contributed by atoms with Gasteiger partial charge in [0.1, 0.15) is 5.76 Å². The second kappa shape index (κ2) is 2.92. The lowest BCUT2D eigenvalue weighted by Crippen LogP contribution is -2.10. The molecule has 0 amide bonds. The lowest BCUT2D eigenvalue weighted by molar-refractivity contribution is -0.119. The van der Waals surface area contributed by atoms with Gasteiger partial charge in [0, 0.05) is 6.08 Å². The maximum absolute atomic E-state index is 11.7. The first-order valence-corrected chi connectivity index (χ1v) is 3.01. The molecule has 1 aromatic heterocycles. The molecule has 0 aromatic carbocycles. The standard InChI is InChI=1S/C7H5F3O2/c8-7(9,10)6(11)4-5-2-1-3-12-5/h1-4,11H/b6-4-. The van der Waals surface area contributed by atoms with Crippen LogP contribution in [0.2, 0.25) is 0 Å². The van der Waals surface area contributed by atoms with Gasteiger partial charge in [-0.2, -0.15) is 13.2 Å². The Labute approximate surface area is 65.9 Å². The maximum atomic E-state index is 11.7. The van der Waals surface area contributed by atoms with E-state index in [1.807, 2.05) is 0 Å². The Balaban J connectivity index is 2.84. The molecule has 0 fully saturated rings. The van der Waals surface area contributed by atoms with Gasteiger partial charge in [-0.25, -0.2) is 0 Å². The van der Waals surface area contributed by atoms with Gasteiger partial charge >= 0.3 is 6.18 Å². The second-order valence-electron chi connectivity index (χ2n) is 2.04. The molecule has 0 atom stereocenters. The minimum atomic E-state index is -4.72. The number of allylic oxidation sites excluding steroid dienone is 1. The molecule has 66 valence electrons. The normalized spacial score (nSPS) is 13.4. The molecule has 0 spiro atoms. The molecule has 1 heterocycles. The van der Waals surface area contributed by atoms with E-state index < -0.39 is 11.9 Å². The summed E-state index contributed by atoms with van der Waals surface area (Å²) in [7, 11) is 0. The fourth-order valence-electron chi connectivity index (χ4n) is 0.590. The van der Waals surface area contributed by atoms with Gasteiger partial charge in [0.25, 0.3) is 0 Å². The van der Waals surface area contributed by atoms with Crippen LogP contribution < -0.4 is 0 Å². The molecule has 0 saturated heterocycles. The fraction of sp³-hybridized carbons (Fsp3) is 0.143. The molecule has 2 nitrogen and oxygen atoms in total. The molecule has 1 rings (SSSR count). The number of hydrogen-bond acceptors (Lipinski definition) is 2. The smallest absolute Gasteiger partial charge is 0.448 e. The van der Waals surface area contributed by atoms with E-state index in [4.69, 9.17) is 5.11 Å². The van der Waals surface area contributed by atoms with Gasteiger partial charge in [-0.3, -0.25) is 0 Å². The molecule has 0 saturated carbocycles. The van der Waals surface area contributed by atoms with Gasteiger partial charge in [-0.15, -0.1) is 0 Å². The summed E-state index contributed by atoms with van der Waals surface area (Å²) in [5, 5.41) is 8.43. The first-order chi connectivity index (χ1) is 5.50. The Bertz CT molecular complexity index is 271. The largest absolute Gasteiger partial charge is 0.504 e. The van der Waals surface area contributed by atoms with Crippen LogP contribution in [0.3, 0.4) is 0 Å². The zero-order valence-electron chi connectivity index (χ0n) is 5.80. The minimum Gasteiger partial charge on any atom is -0.504 e. The summed E-state index contributed by atoms with van der Waals surface area (Å²) in [6.45, 7) is 0. The van der Waals surface area contributed by atoms with Crippen LogP contribution in [-0.4, -0.2) is 11.3 Å². The Morgan fingerprint density at radius 1 is 1.50 bits per heavy atom. The average molecular weight is 178 g/mol. The molecule has 0 radical (unpaired) electrons. The van der Waals surface area contributed by atoms with Crippen molar-refractivity contribution in [3.05, 3.63) is 29.9 Å². The maximum Gasteiger partial charge on any atom is 0.448 e. The molecule has 5 heteroatoms. The summed E-state index contributed by atoms with van der Waals surface area (Å²) in [4.78, 5) is 0. The van der Waals surface area contributed by atoms with Crippen molar-refractivity contribution in [2.75, 3.05) is 0 Å². The van der Waals surface area contributed by atoms with E-state index in [1.54, 1.807) is 0 Å². The first-order valence-electron chi connectivity index (χ1n) is 3.01. The summed E-state index contributed by atoms with van der Waals surface area (Å²) in [6.07, 6.45) is -2.98. The molecular formula is C7H5F3O2. The molecule has 1 N–H and O–H groups in total. The van der Waals surface area contributed by atoms with Crippen molar-refractivity contribution >= 4 is 6.08 Å².